The molecular weight excluding hydrogens is 484 g/mol. The standard InChI is InChI=1S/C29H34N4O5/c1-18(2)26(28(35)37-3)32-27(34)25-17-24(33-38-25)21-11-15-23(16-12-21)31-29(36)30-22-13-9-20(10-14-22)19-7-5-4-6-8-19/h9-19,26H,4-8H2,1-3H3,(H,32,34)(H2,30,31,36). The highest BCUT2D eigenvalue weighted by Gasteiger charge is 2.27. The van der Waals surface area contributed by atoms with Crippen LogP contribution in [0.4, 0.5) is 16.2 Å². The van der Waals surface area contributed by atoms with Gasteiger partial charge in [0, 0.05) is 23.0 Å². The zero-order chi connectivity index (χ0) is 27.1. The fraction of sp³-hybridized carbons (Fsp3) is 0.379. The molecule has 1 saturated carbocycles. The SMILES string of the molecule is COC(=O)C(NC(=O)c1cc(-c2ccc(NC(=O)Nc3ccc(C4CCCCC4)cc3)cc2)no1)C(C)C. The molecule has 1 heterocycles. The van der Waals surface area contributed by atoms with Gasteiger partial charge in [0.15, 0.2) is 0 Å². The van der Waals surface area contributed by atoms with Gasteiger partial charge in [0.05, 0.1) is 7.11 Å². The van der Waals surface area contributed by atoms with Gasteiger partial charge in [-0.2, -0.15) is 0 Å². The first-order valence-electron chi connectivity index (χ1n) is 13.0. The van der Waals surface area contributed by atoms with Gasteiger partial charge in [0.25, 0.3) is 5.91 Å². The van der Waals surface area contributed by atoms with E-state index >= 15 is 0 Å². The number of carbonyl (C=O) groups is 3. The van der Waals surface area contributed by atoms with Crippen LogP contribution in [0, 0.1) is 5.92 Å². The van der Waals surface area contributed by atoms with Gasteiger partial charge in [-0.3, -0.25) is 4.79 Å². The Labute approximate surface area is 222 Å². The van der Waals surface area contributed by atoms with Crippen molar-refractivity contribution < 1.29 is 23.6 Å². The van der Waals surface area contributed by atoms with Crippen molar-refractivity contribution in [2.24, 2.45) is 5.92 Å². The molecule has 9 heteroatoms. The van der Waals surface area contributed by atoms with Crippen molar-refractivity contribution in [2.45, 2.75) is 57.9 Å². The van der Waals surface area contributed by atoms with Crippen LogP contribution < -0.4 is 16.0 Å². The number of hydrogen-bond acceptors (Lipinski definition) is 6. The van der Waals surface area contributed by atoms with Crippen LogP contribution in [0.2, 0.25) is 0 Å². The molecule has 200 valence electrons. The summed E-state index contributed by atoms with van der Waals surface area (Å²) in [5, 5.41) is 12.3. The third-order valence-corrected chi connectivity index (χ3v) is 6.83. The van der Waals surface area contributed by atoms with Crippen LogP contribution in [0.1, 0.15) is 68.0 Å². The lowest BCUT2D eigenvalue weighted by Crippen LogP contribution is -2.44. The van der Waals surface area contributed by atoms with E-state index in [2.05, 4.69) is 33.2 Å². The van der Waals surface area contributed by atoms with Crippen molar-refractivity contribution >= 4 is 29.3 Å². The maximum atomic E-state index is 12.5. The largest absolute Gasteiger partial charge is 0.467 e. The highest BCUT2D eigenvalue weighted by atomic mass is 16.5. The molecule has 0 bridgehead atoms. The van der Waals surface area contributed by atoms with Crippen LogP contribution in [0.25, 0.3) is 11.3 Å². The summed E-state index contributed by atoms with van der Waals surface area (Å²) in [6.45, 7) is 3.61. The van der Waals surface area contributed by atoms with Crippen molar-refractivity contribution in [3.05, 3.63) is 65.9 Å². The van der Waals surface area contributed by atoms with E-state index in [-0.39, 0.29) is 17.7 Å². The Bertz CT molecular complexity index is 1240. The van der Waals surface area contributed by atoms with E-state index in [0.29, 0.717) is 22.9 Å². The van der Waals surface area contributed by atoms with Gasteiger partial charge in [-0.05, 0) is 54.5 Å². The highest BCUT2D eigenvalue weighted by Crippen LogP contribution is 2.33. The third-order valence-electron chi connectivity index (χ3n) is 6.83. The maximum absolute atomic E-state index is 12.5. The number of carbonyl (C=O) groups excluding carboxylic acids is 3. The number of nitrogens with zero attached hydrogens (tertiary/aromatic N) is 1. The Morgan fingerprint density at radius 1 is 0.921 bits per heavy atom. The summed E-state index contributed by atoms with van der Waals surface area (Å²) >= 11 is 0. The van der Waals surface area contributed by atoms with Gasteiger partial charge in [0.1, 0.15) is 11.7 Å². The Balaban J connectivity index is 1.32. The van der Waals surface area contributed by atoms with E-state index in [4.69, 9.17) is 9.26 Å². The molecule has 1 aliphatic carbocycles. The predicted molar refractivity (Wildman–Crippen MR) is 145 cm³/mol. The first-order valence-corrected chi connectivity index (χ1v) is 13.0. The Kier molecular flexibility index (Phi) is 8.78. The zero-order valence-corrected chi connectivity index (χ0v) is 22.0. The van der Waals surface area contributed by atoms with Crippen LogP contribution in [0.15, 0.2) is 59.1 Å². The third kappa shape index (κ3) is 6.79. The number of amides is 3. The summed E-state index contributed by atoms with van der Waals surface area (Å²) in [5.74, 6) is -0.652. The van der Waals surface area contributed by atoms with Crippen LogP contribution in [-0.2, 0) is 9.53 Å². The first-order chi connectivity index (χ1) is 18.3. The molecule has 0 aliphatic heterocycles. The smallest absolute Gasteiger partial charge is 0.328 e. The molecule has 1 unspecified atom stereocenters. The number of rotatable bonds is 8. The lowest BCUT2D eigenvalue weighted by molar-refractivity contribution is -0.144. The van der Waals surface area contributed by atoms with Gasteiger partial charge in [-0.25, -0.2) is 9.59 Å². The molecule has 9 nitrogen and oxygen atoms in total. The maximum Gasteiger partial charge on any atom is 0.328 e. The van der Waals surface area contributed by atoms with Crippen LogP contribution in [0.3, 0.4) is 0 Å². The van der Waals surface area contributed by atoms with Crippen molar-refractivity contribution in [1.29, 1.82) is 0 Å². The Morgan fingerprint density at radius 3 is 2.11 bits per heavy atom. The summed E-state index contributed by atoms with van der Waals surface area (Å²) in [5.41, 5.74) is 3.82. The van der Waals surface area contributed by atoms with E-state index in [0.717, 1.165) is 5.69 Å². The normalized spacial score (nSPS) is 14.5. The summed E-state index contributed by atoms with van der Waals surface area (Å²) < 4.78 is 9.94. The quantitative estimate of drug-likeness (QED) is 0.316. The summed E-state index contributed by atoms with van der Waals surface area (Å²) in [4.78, 5) is 36.9. The number of aromatic nitrogens is 1. The molecule has 0 saturated heterocycles. The molecule has 1 atom stereocenters. The van der Waals surface area contributed by atoms with Gasteiger partial charge in [-0.1, -0.05) is 62.5 Å². The minimum absolute atomic E-state index is 0.0226. The highest BCUT2D eigenvalue weighted by molar-refractivity contribution is 6.00. The number of ether oxygens (including phenoxy) is 1. The van der Waals surface area contributed by atoms with E-state index in [9.17, 15) is 14.4 Å². The number of anilines is 2. The minimum atomic E-state index is -0.799. The lowest BCUT2D eigenvalue weighted by atomic mass is 9.84. The molecule has 1 aliphatic rings. The molecule has 3 amide bonds. The number of esters is 1. The van der Waals surface area contributed by atoms with Crippen molar-refractivity contribution in [1.82, 2.24) is 10.5 Å². The fourth-order valence-corrected chi connectivity index (χ4v) is 4.65. The van der Waals surface area contributed by atoms with E-state index < -0.39 is 17.9 Å². The number of urea groups is 1. The average molecular weight is 519 g/mol. The number of nitrogens with one attached hydrogen (secondary N) is 3. The molecule has 2 aromatic carbocycles. The number of hydrogen-bond donors (Lipinski definition) is 3. The van der Waals surface area contributed by atoms with Gasteiger partial charge in [0.2, 0.25) is 5.76 Å². The van der Waals surface area contributed by atoms with Crippen LogP contribution in [0.5, 0.6) is 0 Å². The topological polar surface area (TPSA) is 123 Å². The predicted octanol–water partition coefficient (Wildman–Crippen LogP) is 5.96. The second-order valence-corrected chi connectivity index (χ2v) is 9.91. The van der Waals surface area contributed by atoms with E-state index in [1.165, 1.54) is 50.8 Å². The summed E-state index contributed by atoms with van der Waals surface area (Å²) in [6.07, 6.45) is 6.37. The molecule has 0 spiro atoms. The molecule has 4 rings (SSSR count). The van der Waals surface area contributed by atoms with Crippen molar-refractivity contribution in [3.63, 3.8) is 0 Å². The fourth-order valence-electron chi connectivity index (χ4n) is 4.65. The molecule has 3 aromatic rings. The second kappa shape index (κ2) is 12.4. The number of benzene rings is 2. The van der Waals surface area contributed by atoms with Crippen molar-refractivity contribution in [2.75, 3.05) is 17.7 Å². The minimum Gasteiger partial charge on any atom is -0.467 e. The molecular formula is C29H34N4O5. The van der Waals surface area contributed by atoms with Crippen LogP contribution >= 0.6 is 0 Å². The molecule has 3 N–H and O–H groups in total. The molecule has 0 radical (unpaired) electrons. The molecule has 1 fully saturated rings. The van der Waals surface area contributed by atoms with Gasteiger partial charge < -0.3 is 25.2 Å². The van der Waals surface area contributed by atoms with E-state index in [1.54, 1.807) is 38.1 Å². The Hall–Kier alpha value is -4.14. The number of methoxy groups -OCH3 is 1. The monoisotopic (exact) mass is 518 g/mol. The first kappa shape index (κ1) is 26.9. The van der Waals surface area contributed by atoms with Gasteiger partial charge in [-0.15, -0.1) is 0 Å². The second-order valence-electron chi connectivity index (χ2n) is 9.91. The summed E-state index contributed by atoms with van der Waals surface area (Å²) in [6, 6.07) is 15.5. The average Bonchev–Trinajstić information content (AvgIpc) is 3.43. The van der Waals surface area contributed by atoms with E-state index in [1.807, 2.05) is 12.1 Å². The van der Waals surface area contributed by atoms with Crippen LogP contribution in [-0.4, -0.2) is 36.2 Å². The molecule has 1 aromatic heterocycles. The van der Waals surface area contributed by atoms with Gasteiger partial charge >= 0.3 is 12.0 Å². The Morgan fingerprint density at radius 2 is 1.53 bits per heavy atom. The van der Waals surface area contributed by atoms with Crippen molar-refractivity contribution in [3.8, 4) is 11.3 Å². The summed E-state index contributed by atoms with van der Waals surface area (Å²) in [7, 11) is 1.27. The molecule has 38 heavy (non-hydrogen) atoms. The lowest BCUT2D eigenvalue weighted by Gasteiger charge is -2.22. The zero-order valence-electron chi connectivity index (χ0n) is 22.0.